The highest BCUT2D eigenvalue weighted by atomic mass is 32.2. The van der Waals surface area contributed by atoms with Crippen LogP contribution in [0.25, 0.3) is 11.5 Å². The first-order valence-corrected chi connectivity index (χ1v) is 10.7. The summed E-state index contributed by atoms with van der Waals surface area (Å²) in [5, 5.41) is 8.68. The minimum atomic E-state index is 0.111. The molecule has 1 amide bonds. The standard InChI is InChI=1S/C21H29N3O2S/c1-5-17-8-6-7-13-24(17)18(25)14-27-20-23-22-19(26-20)15-9-11-16(12-10-15)21(2,3)4/h9-12,17H,5-8,13-14H2,1-4H3. The van der Waals surface area contributed by atoms with E-state index in [4.69, 9.17) is 4.42 Å². The molecule has 0 saturated carbocycles. The number of carbonyl (C=O) groups is 1. The lowest BCUT2D eigenvalue weighted by molar-refractivity contribution is -0.132. The number of nitrogens with zero attached hydrogens (tertiary/aromatic N) is 3. The third-order valence-electron chi connectivity index (χ3n) is 5.14. The van der Waals surface area contributed by atoms with Crippen LogP contribution in [0.2, 0.25) is 0 Å². The smallest absolute Gasteiger partial charge is 0.277 e. The van der Waals surface area contributed by atoms with Gasteiger partial charge in [-0.3, -0.25) is 4.79 Å². The van der Waals surface area contributed by atoms with E-state index in [1.54, 1.807) is 0 Å². The van der Waals surface area contributed by atoms with E-state index in [1.807, 2.05) is 17.0 Å². The SMILES string of the molecule is CCC1CCCCN1C(=O)CSc1nnc(-c2ccc(C(C)(C)C)cc2)o1. The van der Waals surface area contributed by atoms with Gasteiger partial charge in [-0.05, 0) is 48.8 Å². The van der Waals surface area contributed by atoms with E-state index in [0.717, 1.165) is 31.4 Å². The van der Waals surface area contributed by atoms with E-state index in [0.29, 0.717) is 22.9 Å². The largest absolute Gasteiger partial charge is 0.411 e. The van der Waals surface area contributed by atoms with E-state index in [-0.39, 0.29) is 11.3 Å². The van der Waals surface area contributed by atoms with Crippen LogP contribution in [-0.2, 0) is 10.2 Å². The van der Waals surface area contributed by atoms with Crippen LogP contribution in [0.3, 0.4) is 0 Å². The molecule has 2 heterocycles. The van der Waals surface area contributed by atoms with Gasteiger partial charge in [0.05, 0.1) is 5.75 Å². The minimum Gasteiger partial charge on any atom is -0.411 e. The number of amides is 1. The van der Waals surface area contributed by atoms with E-state index >= 15 is 0 Å². The van der Waals surface area contributed by atoms with Gasteiger partial charge in [-0.25, -0.2) is 0 Å². The second kappa shape index (κ2) is 8.46. The highest BCUT2D eigenvalue weighted by Crippen LogP contribution is 2.28. The molecule has 3 rings (SSSR count). The summed E-state index contributed by atoms with van der Waals surface area (Å²) in [5.41, 5.74) is 2.27. The fourth-order valence-corrected chi connectivity index (χ4v) is 4.11. The van der Waals surface area contributed by atoms with Gasteiger partial charge >= 0.3 is 0 Å². The Morgan fingerprint density at radius 3 is 2.63 bits per heavy atom. The molecular formula is C21H29N3O2S. The van der Waals surface area contributed by atoms with Crippen LogP contribution in [0.1, 0.15) is 58.9 Å². The van der Waals surface area contributed by atoms with Crippen LogP contribution in [0, 0.1) is 0 Å². The molecule has 1 unspecified atom stereocenters. The molecule has 5 nitrogen and oxygen atoms in total. The monoisotopic (exact) mass is 387 g/mol. The molecule has 1 aliphatic heterocycles. The minimum absolute atomic E-state index is 0.111. The summed E-state index contributed by atoms with van der Waals surface area (Å²) in [6.45, 7) is 9.58. The van der Waals surface area contributed by atoms with Crippen LogP contribution >= 0.6 is 11.8 Å². The van der Waals surface area contributed by atoms with E-state index in [9.17, 15) is 4.79 Å². The fourth-order valence-electron chi connectivity index (χ4n) is 3.46. The maximum Gasteiger partial charge on any atom is 0.277 e. The zero-order valence-corrected chi connectivity index (χ0v) is 17.5. The first-order valence-electron chi connectivity index (χ1n) is 9.75. The quantitative estimate of drug-likeness (QED) is 0.682. The molecule has 0 bridgehead atoms. The van der Waals surface area contributed by atoms with Crippen molar-refractivity contribution < 1.29 is 9.21 Å². The van der Waals surface area contributed by atoms with Gasteiger partial charge in [-0.15, -0.1) is 10.2 Å². The topological polar surface area (TPSA) is 59.2 Å². The highest BCUT2D eigenvalue weighted by molar-refractivity contribution is 7.99. The predicted molar refractivity (Wildman–Crippen MR) is 109 cm³/mol. The van der Waals surface area contributed by atoms with Gasteiger partial charge in [0.25, 0.3) is 5.22 Å². The molecule has 0 aliphatic carbocycles. The summed E-state index contributed by atoms with van der Waals surface area (Å²) in [6.07, 6.45) is 4.45. The lowest BCUT2D eigenvalue weighted by Gasteiger charge is -2.35. The number of benzene rings is 1. The average molecular weight is 388 g/mol. The summed E-state index contributed by atoms with van der Waals surface area (Å²) in [5.74, 6) is 1.01. The van der Waals surface area contributed by atoms with Crippen molar-refractivity contribution in [1.29, 1.82) is 0 Å². The number of hydrogen-bond acceptors (Lipinski definition) is 5. The lowest BCUT2D eigenvalue weighted by atomic mass is 9.87. The van der Waals surface area contributed by atoms with Crippen molar-refractivity contribution in [2.75, 3.05) is 12.3 Å². The summed E-state index contributed by atoms with van der Waals surface area (Å²) >= 11 is 1.33. The fraction of sp³-hybridized carbons (Fsp3) is 0.571. The number of hydrogen-bond donors (Lipinski definition) is 0. The first kappa shape index (κ1) is 19.9. The summed E-state index contributed by atoms with van der Waals surface area (Å²) in [4.78, 5) is 14.6. The molecular weight excluding hydrogens is 358 g/mol. The molecule has 27 heavy (non-hydrogen) atoms. The molecule has 1 saturated heterocycles. The molecule has 146 valence electrons. The van der Waals surface area contributed by atoms with Crippen LogP contribution in [0.5, 0.6) is 0 Å². The van der Waals surface area contributed by atoms with Crippen LogP contribution in [0.4, 0.5) is 0 Å². The third-order valence-corrected chi connectivity index (χ3v) is 5.95. The molecule has 1 aliphatic rings. The van der Waals surface area contributed by atoms with E-state index < -0.39 is 0 Å². The Labute approximate surface area is 165 Å². The second-order valence-corrected chi connectivity index (χ2v) is 9.06. The maximum atomic E-state index is 12.6. The number of piperidine rings is 1. The Hall–Kier alpha value is -1.82. The van der Waals surface area contributed by atoms with Crippen molar-refractivity contribution in [1.82, 2.24) is 15.1 Å². The molecule has 1 fully saturated rings. The molecule has 6 heteroatoms. The summed E-state index contributed by atoms with van der Waals surface area (Å²) in [6, 6.07) is 8.58. The Kier molecular flexibility index (Phi) is 6.25. The van der Waals surface area contributed by atoms with Crippen molar-refractivity contribution in [3.63, 3.8) is 0 Å². The van der Waals surface area contributed by atoms with E-state index in [2.05, 4.69) is 50.0 Å². The van der Waals surface area contributed by atoms with Gasteiger partial charge in [0, 0.05) is 18.2 Å². The van der Waals surface area contributed by atoms with Crippen molar-refractivity contribution >= 4 is 17.7 Å². The molecule has 2 aromatic rings. The zero-order chi connectivity index (χ0) is 19.4. The number of carbonyl (C=O) groups excluding carboxylic acids is 1. The molecule has 0 N–H and O–H groups in total. The Balaban J connectivity index is 1.60. The number of rotatable bonds is 5. The maximum absolute atomic E-state index is 12.6. The van der Waals surface area contributed by atoms with Crippen LogP contribution < -0.4 is 0 Å². The zero-order valence-electron chi connectivity index (χ0n) is 16.7. The van der Waals surface area contributed by atoms with E-state index in [1.165, 1.54) is 23.7 Å². The van der Waals surface area contributed by atoms with Crippen molar-refractivity contribution in [2.45, 2.75) is 70.1 Å². The average Bonchev–Trinajstić information content (AvgIpc) is 3.14. The van der Waals surface area contributed by atoms with Crippen molar-refractivity contribution in [3.8, 4) is 11.5 Å². The van der Waals surface area contributed by atoms with Gasteiger partial charge in [-0.2, -0.15) is 0 Å². The normalized spacial score (nSPS) is 17.9. The van der Waals surface area contributed by atoms with Crippen molar-refractivity contribution in [2.24, 2.45) is 0 Å². The predicted octanol–water partition coefficient (Wildman–Crippen LogP) is 4.92. The highest BCUT2D eigenvalue weighted by Gasteiger charge is 2.25. The molecule has 0 radical (unpaired) electrons. The van der Waals surface area contributed by atoms with Gasteiger partial charge in [0.2, 0.25) is 11.8 Å². The number of thioether (sulfide) groups is 1. The lowest BCUT2D eigenvalue weighted by Crippen LogP contribution is -2.44. The Bertz CT molecular complexity index is 764. The van der Waals surface area contributed by atoms with Crippen molar-refractivity contribution in [3.05, 3.63) is 29.8 Å². The number of aromatic nitrogens is 2. The third kappa shape index (κ3) is 4.92. The van der Waals surface area contributed by atoms with Crippen LogP contribution in [0.15, 0.2) is 33.9 Å². The van der Waals surface area contributed by atoms with Gasteiger partial charge in [0.1, 0.15) is 0 Å². The van der Waals surface area contributed by atoms with Gasteiger partial charge in [-0.1, -0.05) is 51.6 Å². The Morgan fingerprint density at radius 1 is 1.22 bits per heavy atom. The van der Waals surface area contributed by atoms with Gasteiger partial charge in [0.15, 0.2) is 0 Å². The first-order chi connectivity index (χ1) is 12.9. The summed E-state index contributed by atoms with van der Waals surface area (Å²) in [7, 11) is 0. The summed E-state index contributed by atoms with van der Waals surface area (Å²) < 4.78 is 5.76. The van der Waals surface area contributed by atoms with Crippen LogP contribution in [-0.4, -0.2) is 39.3 Å². The Morgan fingerprint density at radius 2 is 1.96 bits per heavy atom. The molecule has 1 aromatic heterocycles. The van der Waals surface area contributed by atoms with Gasteiger partial charge < -0.3 is 9.32 Å². The molecule has 1 aromatic carbocycles. The number of likely N-dealkylation sites (tertiary alicyclic amines) is 1. The molecule has 0 spiro atoms. The molecule has 1 atom stereocenters. The second-order valence-electron chi connectivity index (χ2n) is 8.13.